The van der Waals surface area contributed by atoms with Gasteiger partial charge in [-0.15, -0.1) is 0 Å². The number of hydrogen-bond acceptors (Lipinski definition) is 3. The van der Waals surface area contributed by atoms with Crippen LogP contribution in [0.1, 0.15) is 24.8 Å². The largest absolute Gasteiger partial charge is 0.348 e. The van der Waals surface area contributed by atoms with Crippen molar-refractivity contribution in [1.82, 2.24) is 10.2 Å². The average Bonchev–Trinajstić information content (AvgIpc) is 2.91. The van der Waals surface area contributed by atoms with Gasteiger partial charge in [0, 0.05) is 35.3 Å². The maximum atomic E-state index is 11.9. The molecule has 6 nitrogen and oxygen atoms in total. The van der Waals surface area contributed by atoms with Crippen LogP contribution in [0.15, 0.2) is 18.2 Å². The lowest BCUT2D eigenvalue weighted by Crippen LogP contribution is -2.37. The summed E-state index contributed by atoms with van der Waals surface area (Å²) < 4.78 is 1.07. The quantitative estimate of drug-likeness (QED) is 0.425. The number of halogens is 1. The van der Waals surface area contributed by atoms with Crippen LogP contribution >= 0.6 is 22.6 Å². The van der Waals surface area contributed by atoms with Crippen molar-refractivity contribution in [2.24, 2.45) is 0 Å². The zero-order valence-corrected chi connectivity index (χ0v) is 15.2. The molecule has 0 unspecified atom stereocenters. The van der Waals surface area contributed by atoms with E-state index in [1.807, 2.05) is 19.1 Å². The van der Waals surface area contributed by atoms with E-state index >= 15 is 0 Å². The van der Waals surface area contributed by atoms with E-state index < -0.39 is 11.8 Å². The van der Waals surface area contributed by atoms with Crippen LogP contribution in [0.2, 0.25) is 0 Å². The molecule has 0 aliphatic carbocycles. The predicted molar refractivity (Wildman–Crippen MR) is 96.0 cm³/mol. The first-order valence-corrected chi connectivity index (χ1v) is 8.68. The van der Waals surface area contributed by atoms with Gasteiger partial charge >= 0.3 is 11.8 Å². The third kappa shape index (κ3) is 5.19. The number of benzene rings is 1. The summed E-state index contributed by atoms with van der Waals surface area (Å²) in [5.74, 6) is -1.16. The van der Waals surface area contributed by atoms with E-state index in [2.05, 4.69) is 33.2 Å². The third-order valence-electron chi connectivity index (χ3n) is 3.70. The van der Waals surface area contributed by atoms with E-state index in [9.17, 15) is 14.4 Å². The van der Waals surface area contributed by atoms with Gasteiger partial charge in [-0.2, -0.15) is 0 Å². The smallest absolute Gasteiger partial charge is 0.313 e. The minimum absolute atomic E-state index is 0.170. The summed E-state index contributed by atoms with van der Waals surface area (Å²) in [5, 5.41) is 5.19. The number of aryl methyl sites for hydroxylation is 1. The minimum Gasteiger partial charge on any atom is -0.348 e. The van der Waals surface area contributed by atoms with Gasteiger partial charge in [-0.25, -0.2) is 0 Å². The number of carbonyl (C=O) groups is 3. The Morgan fingerprint density at radius 2 is 2.09 bits per heavy atom. The molecule has 3 amide bonds. The van der Waals surface area contributed by atoms with Gasteiger partial charge in [-0.3, -0.25) is 14.4 Å². The van der Waals surface area contributed by atoms with Crippen LogP contribution in [-0.4, -0.2) is 42.3 Å². The Hall–Kier alpha value is -1.64. The van der Waals surface area contributed by atoms with Crippen molar-refractivity contribution in [3.05, 3.63) is 27.3 Å². The minimum atomic E-state index is -0.674. The van der Waals surface area contributed by atoms with Crippen LogP contribution in [0.3, 0.4) is 0 Å². The summed E-state index contributed by atoms with van der Waals surface area (Å²) in [5.41, 5.74) is 1.54. The van der Waals surface area contributed by atoms with Crippen molar-refractivity contribution in [2.45, 2.75) is 26.2 Å². The van der Waals surface area contributed by atoms with Crippen molar-refractivity contribution >= 4 is 46.0 Å². The number of carbonyl (C=O) groups excluding carboxylic acids is 3. The molecule has 1 aromatic rings. The second-order valence-electron chi connectivity index (χ2n) is 5.51. The molecule has 0 atom stereocenters. The molecule has 1 aliphatic heterocycles. The second-order valence-corrected chi connectivity index (χ2v) is 6.75. The summed E-state index contributed by atoms with van der Waals surface area (Å²) in [4.78, 5) is 36.9. The first-order valence-electron chi connectivity index (χ1n) is 7.60. The van der Waals surface area contributed by atoms with Gasteiger partial charge in [0.15, 0.2) is 0 Å². The monoisotopic (exact) mass is 429 g/mol. The van der Waals surface area contributed by atoms with Crippen molar-refractivity contribution < 1.29 is 14.4 Å². The second kappa shape index (κ2) is 8.28. The number of nitrogens with zero attached hydrogens (tertiary/aromatic N) is 1. The highest BCUT2D eigenvalue weighted by Gasteiger charge is 2.19. The molecule has 2 N–H and O–H groups in total. The molecule has 1 heterocycles. The summed E-state index contributed by atoms with van der Waals surface area (Å²) in [7, 11) is 0. The molecule has 23 heavy (non-hydrogen) atoms. The third-order valence-corrected chi connectivity index (χ3v) is 4.38. The van der Waals surface area contributed by atoms with Crippen molar-refractivity contribution in [3.63, 3.8) is 0 Å². The normalized spacial score (nSPS) is 14.0. The molecular formula is C16H20IN3O3. The molecule has 124 valence electrons. The highest BCUT2D eigenvalue weighted by molar-refractivity contribution is 14.1. The Morgan fingerprint density at radius 1 is 1.30 bits per heavy atom. The lowest BCUT2D eigenvalue weighted by molar-refractivity contribution is -0.136. The molecule has 1 aromatic carbocycles. The SMILES string of the molecule is Cc1cc(I)ccc1NC(=O)C(=O)NCCCN1CCCC1=O. The van der Waals surface area contributed by atoms with E-state index in [0.717, 1.165) is 22.1 Å². The average molecular weight is 429 g/mol. The molecule has 1 saturated heterocycles. The number of nitrogens with one attached hydrogen (secondary N) is 2. The number of amides is 3. The van der Waals surface area contributed by atoms with Gasteiger partial charge in [0.05, 0.1) is 0 Å². The van der Waals surface area contributed by atoms with Gasteiger partial charge < -0.3 is 15.5 Å². The van der Waals surface area contributed by atoms with Gasteiger partial charge in [0.2, 0.25) is 5.91 Å². The van der Waals surface area contributed by atoms with Crippen LogP contribution in [0.25, 0.3) is 0 Å². The highest BCUT2D eigenvalue weighted by atomic mass is 127. The molecule has 0 saturated carbocycles. The van der Waals surface area contributed by atoms with Crippen LogP contribution in [0.5, 0.6) is 0 Å². The summed E-state index contributed by atoms with van der Waals surface area (Å²) in [6, 6.07) is 5.58. The fraction of sp³-hybridized carbons (Fsp3) is 0.438. The summed E-state index contributed by atoms with van der Waals surface area (Å²) in [6.45, 7) is 3.67. The van der Waals surface area contributed by atoms with E-state index in [0.29, 0.717) is 31.6 Å². The Balaban J connectivity index is 1.72. The van der Waals surface area contributed by atoms with Crippen molar-refractivity contribution in [2.75, 3.05) is 25.0 Å². The summed E-state index contributed by atoms with van der Waals surface area (Å²) in [6.07, 6.45) is 2.17. The Kier molecular flexibility index (Phi) is 6.37. The molecular weight excluding hydrogens is 409 g/mol. The topological polar surface area (TPSA) is 78.5 Å². The van der Waals surface area contributed by atoms with E-state index in [-0.39, 0.29) is 5.91 Å². The van der Waals surface area contributed by atoms with Crippen LogP contribution < -0.4 is 10.6 Å². The van der Waals surface area contributed by atoms with Crippen LogP contribution in [0, 0.1) is 10.5 Å². The standard InChI is InChI=1S/C16H20IN3O3/c1-11-10-12(17)5-6-13(11)19-16(23)15(22)18-7-3-9-20-8-2-4-14(20)21/h5-6,10H,2-4,7-9H2,1H3,(H,18,22)(H,19,23). The highest BCUT2D eigenvalue weighted by Crippen LogP contribution is 2.17. The lowest BCUT2D eigenvalue weighted by Gasteiger charge is -2.15. The fourth-order valence-corrected chi connectivity index (χ4v) is 3.09. The first-order chi connectivity index (χ1) is 11.0. The zero-order chi connectivity index (χ0) is 16.8. The van der Waals surface area contributed by atoms with Crippen LogP contribution in [0.4, 0.5) is 5.69 Å². The number of likely N-dealkylation sites (tertiary alicyclic amines) is 1. The number of anilines is 1. The molecule has 0 radical (unpaired) electrons. The first kappa shape index (κ1) is 17.7. The maximum Gasteiger partial charge on any atom is 0.313 e. The maximum absolute atomic E-state index is 11.9. The fourth-order valence-electron chi connectivity index (χ4n) is 2.44. The van der Waals surface area contributed by atoms with Gasteiger partial charge in [0.1, 0.15) is 0 Å². The Bertz CT molecular complexity index is 619. The number of hydrogen-bond donors (Lipinski definition) is 2. The zero-order valence-electron chi connectivity index (χ0n) is 13.0. The summed E-state index contributed by atoms with van der Waals surface area (Å²) >= 11 is 2.19. The van der Waals surface area contributed by atoms with E-state index in [4.69, 9.17) is 0 Å². The van der Waals surface area contributed by atoms with Crippen LogP contribution in [-0.2, 0) is 14.4 Å². The molecule has 7 heteroatoms. The van der Waals surface area contributed by atoms with Crippen molar-refractivity contribution in [3.8, 4) is 0 Å². The molecule has 0 aromatic heterocycles. The van der Waals surface area contributed by atoms with Gasteiger partial charge in [0.25, 0.3) is 0 Å². The molecule has 1 aliphatic rings. The molecule has 2 rings (SSSR count). The molecule has 0 spiro atoms. The van der Waals surface area contributed by atoms with E-state index in [1.54, 1.807) is 11.0 Å². The Labute approximate surface area is 149 Å². The lowest BCUT2D eigenvalue weighted by atomic mass is 10.2. The molecule has 0 bridgehead atoms. The van der Waals surface area contributed by atoms with Gasteiger partial charge in [-0.05, 0) is 66.1 Å². The Morgan fingerprint density at radius 3 is 2.74 bits per heavy atom. The number of rotatable bonds is 5. The van der Waals surface area contributed by atoms with Crippen molar-refractivity contribution in [1.29, 1.82) is 0 Å². The van der Waals surface area contributed by atoms with E-state index in [1.165, 1.54) is 0 Å². The molecule has 1 fully saturated rings. The van der Waals surface area contributed by atoms with Gasteiger partial charge in [-0.1, -0.05) is 0 Å². The predicted octanol–water partition coefficient (Wildman–Crippen LogP) is 1.67.